The van der Waals surface area contributed by atoms with Gasteiger partial charge in [0.05, 0.1) is 0 Å². The molecule has 0 aliphatic heterocycles. The van der Waals surface area contributed by atoms with Crippen LogP contribution in [0.5, 0.6) is 0 Å². The standard InChI is InChI=1S/C19H25N3O3S/c1-3-10-22(16-9-8-14-6-4-5-7-15(14)11-16)26(24,25)17-12-18(19(20)23)21(2)13-17/h4-7,12-13,16H,3,8-11H2,1-2H3,(H2,20,23). The van der Waals surface area contributed by atoms with Gasteiger partial charge in [0.25, 0.3) is 5.91 Å². The number of hydrogen-bond donors (Lipinski definition) is 1. The molecular formula is C19H25N3O3S. The van der Waals surface area contributed by atoms with Crippen LogP contribution < -0.4 is 5.73 Å². The monoisotopic (exact) mass is 375 g/mol. The maximum absolute atomic E-state index is 13.3. The minimum Gasteiger partial charge on any atom is -0.364 e. The number of sulfonamides is 1. The van der Waals surface area contributed by atoms with E-state index in [9.17, 15) is 13.2 Å². The van der Waals surface area contributed by atoms with Crippen LogP contribution in [0.4, 0.5) is 0 Å². The van der Waals surface area contributed by atoms with E-state index in [0.29, 0.717) is 13.0 Å². The van der Waals surface area contributed by atoms with Crippen molar-refractivity contribution in [1.29, 1.82) is 0 Å². The molecule has 0 saturated carbocycles. The first-order valence-corrected chi connectivity index (χ1v) is 10.3. The van der Waals surface area contributed by atoms with E-state index >= 15 is 0 Å². The number of amides is 1. The second kappa shape index (κ2) is 7.25. The Morgan fingerprint density at radius 2 is 2.00 bits per heavy atom. The summed E-state index contributed by atoms with van der Waals surface area (Å²) in [5, 5.41) is 0. The van der Waals surface area contributed by atoms with Crippen LogP contribution in [0.25, 0.3) is 0 Å². The Hall–Kier alpha value is -2.12. The molecule has 0 bridgehead atoms. The topological polar surface area (TPSA) is 85.4 Å². The van der Waals surface area contributed by atoms with Gasteiger partial charge < -0.3 is 10.3 Å². The number of hydrogen-bond acceptors (Lipinski definition) is 3. The van der Waals surface area contributed by atoms with Crippen molar-refractivity contribution < 1.29 is 13.2 Å². The second-order valence-electron chi connectivity index (χ2n) is 6.82. The van der Waals surface area contributed by atoms with E-state index in [4.69, 9.17) is 5.73 Å². The zero-order valence-corrected chi connectivity index (χ0v) is 16.0. The highest BCUT2D eigenvalue weighted by Crippen LogP contribution is 2.29. The van der Waals surface area contributed by atoms with Crippen LogP contribution in [-0.4, -0.2) is 35.8 Å². The fourth-order valence-electron chi connectivity index (χ4n) is 3.70. The lowest BCUT2D eigenvalue weighted by Crippen LogP contribution is -2.43. The maximum Gasteiger partial charge on any atom is 0.265 e. The number of rotatable bonds is 6. The molecule has 0 saturated heterocycles. The van der Waals surface area contributed by atoms with Crippen LogP contribution in [0.2, 0.25) is 0 Å². The predicted octanol–water partition coefficient (Wildman–Crippen LogP) is 2.08. The summed E-state index contributed by atoms with van der Waals surface area (Å²) in [7, 11) is -2.07. The van der Waals surface area contributed by atoms with Gasteiger partial charge in [0.15, 0.2) is 0 Å². The third-order valence-electron chi connectivity index (χ3n) is 5.01. The molecule has 1 aromatic heterocycles. The summed E-state index contributed by atoms with van der Waals surface area (Å²) in [6, 6.07) is 9.50. The second-order valence-corrected chi connectivity index (χ2v) is 8.71. The largest absolute Gasteiger partial charge is 0.364 e. The number of carbonyl (C=O) groups excluding carboxylic acids is 1. The summed E-state index contributed by atoms with van der Waals surface area (Å²) in [5.74, 6) is -0.636. The molecule has 1 aliphatic rings. The van der Waals surface area contributed by atoms with Crippen LogP contribution in [0.3, 0.4) is 0 Å². The van der Waals surface area contributed by atoms with Gasteiger partial charge >= 0.3 is 0 Å². The van der Waals surface area contributed by atoms with Crippen molar-refractivity contribution in [2.24, 2.45) is 12.8 Å². The van der Waals surface area contributed by atoms with Crippen molar-refractivity contribution in [3.8, 4) is 0 Å². The molecule has 1 amide bonds. The molecule has 3 rings (SSSR count). The fourth-order valence-corrected chi connectivity index (χ4v) is 5.52. The van der Waals surface area contributed by atoms with Gasteiger partial charge in [-0.15, -0.1) is 0 Å². The zero-order valence-electron chi connectivity index (χ0n) is 15.2. The van der Waals surface area contributed by atoms with Crippen molar-refractivity contribution in [2.45, 2.75) is 43.5 Å². The summed E-state index contributed by atoms with van der Waals surface area (Å²) in [5.41, 5.74) is 8.04. The van der Waals surface area contributed by atoms with Gasteiger partial charge in [-0.1, -0.05) is 31.2 Å². The van der Waals surface area contributed by atoms with Crippen molar-refractivity contribution in [1.82, 2.24) is 8.87 Å². The molecular weight excluding hydrogens is 350 g/mol. The van der Waals surface area contributed by atoms with Crippen LogP contribution in [0.1, 0.15) is 41.4 Å². The molecule has 1 unspecified atom stereocenters. The third-order valence-corrected chi connectivity index (χ3v) is 6.93. The highest BCUT2D eigenvalue weighted by atomic mass is 32.2. The normalized spacial score (nSPS) is 17.3. The SMILES string of the molecule is CCCN(C1CCc2ccccc2C1)S(=O)(=O)c1cc(C(N)=O)n(C)c1. The van der Waals surface area contributed by atoms with Crippen LogP contribution in [0, 0.1) is 0 Å². The van der Waals surface area contributed by atoms with E-state index in [2.05, 4.69) is 12.1 Å². The Kier molecular flexibility index (Phi) is 5.20. The van der Waals surface area contributed by atoms with E-state index in [1.54, 1.807) is 11.4 Å². The lowest BCUT2D eigenvalue weighted by molar-refractivity contribution is 0.0992. The number of primary amides is 1. The first-order valence-electron chi connectivity index (χ1n) is 8.89. The van der Waals surface area contributed by atoms with E-state index in [1.807, 2.05) is 19.1 Å². The average molecular weight is 375 g/mol. The molecule has 2 N–H and O–H groups in total. The lowest BCUT2D eigenvalue weighted by atomic mass is 9.88. The minimum atomic E-state index is -3.70. The maximum atomic E-state index is 13.3. The number of benzene rings is 1. The number of aromatic nitrogens is 1. The summed E-state index contributed by atoms with van der Waals surface area (Å²) in [4.78, 5) is 11.6. The molecule has 2 aromatic rings. The highest BCUT2D eigenvalue weighted by Gasteiger charge is 2.34. The van der Waals surface area contributed by atoms with Crippen LogP contribution in [0.15, 0.2) is 41.4 Å². The van der Waals surface area contributed by atoms with Crippen molar-refractivity contribution in [2.75, 3.05) is 6.54 Å². The average Bonchev–Trinajstić information content (AvgIpc) is 3.02. The first kappa shape index (κ1) is 18.7. The quantitative estimate of drug-likeness (QED) is 0.839. The fraction of sp³-hybridized carbons (Fsp3) is 0.421. The molecule has 1 atom stereocenters. The Morgan fingerprint density at radius 1 is 1.31 bits per heavy atom. The highest BCUT2D eigenvalue weighted by molar-refractivity contribution is 7.89. The van der Waals surface area contributed by atoms with Crippen molar-refractivity contribution in [3.05, 3.63) is 53.3 Å². The molecule has 0 fully saturated rings. The van der Waals surface area contributed by atoms with Gasteiger partial charge in [-0.05, 0) is 42.9 Å². The molecule has 1 aromatic carbocycles. The van der Waals surface area contributed by atoms with Gasteiger partial charge in [-0.25, -0.2) is 8.42 Å². The number of nitrogens with zero attached hydrogens (tertiary/aromatic N) is 2. The Labute approximate surface area is 154 Å². The molecule has 0 spiro atoms. The first-order chi connectivity index (χ1) is 12.3. The van der Waals surface area contributed by atoms with Crippen molar-refractivity contribution in [3.63, 3.8) is 0 Å². The van der Waals surface area contributed by atoms with Gasteiger partial charge in [0.1, 0.15) is 10.6 Å². The number of fused-ring (bicyclic) bond motifs is 1. The number of nitrogens with two attached hydrogens (primary N) is 1. The van der Waals surface area contributed by atoms with E-state index in [1.165, 1.54) is 28.0 Å². The smallest absolute Gasteiger partial charge is 0.265 e. The third kappa shape index (κ3) is 3.41. The zero-order chi connectivity index (χ0) is 18.9. The van der Waals surface area contributed by atoms with E-state index in [0.717, 1.165) is 19.3 Å². The van der Waals surface area contributed by atoms with Gasteiger partial charge in [0, 0.05) is 25.8 Å². The van der Waals surface area contributed by atoms with Gasteiger partial charge in [-0.3, -0.25) is 4.79 Å². The summed E-state index contributed by atoms with van der Waals surface area (Å²) in [6.07, 6.45) is 4.58. The van der Waals surface area contributed by atoms with Crippen molar-refractivity contribution >= 4 is 15.9 Å². The van der Waals surface area contributed by atoms with E-state index in [-0.39, 0.29) is 16.6 Å². The van der Waals surface area contributed by atoms with Gasteiger partial charge in [-0.2, -0.15) is 4.31 Å². The Morgan fingerprint density at radius 3 is 2.62 bits per heavy atom. The number of carbonyl (C=O) groups is 1. The summed E-state index contributed by atoms with van der Waals surface area (Å²) >= 11 is 0. The molecule has 6 nitrogen and oxygen atoms in total. The molecule has 7 heteroatoms. The molecule has 26 heavy (non-hydrogen) atoms. The Balaban J connectivity index is 1.94. The Bertz CT molecular complexity index is 918. The summed E-state index contributed by atoms with van der Waals surface area (Å²) < 4.78 is 29.6. The molecule has 140 valence electrons. The van der Waals surface area contributed by atoms with Crippen LogP contribution in [-0.2, 0) is 29.9 Å². The molecule has 1 heterocycles. The molecule has 1 aliphatic carbocycles. The molecule has 0 radical (unpaired) electrons. The van der Waals surface area contributed by atoms with Gasteiger partial charge in [0.2, 0.25) is 10.0 Å². The van der Waals surface area contributed by atoms with E-state index < -0.39 is 15.9 Å². The lowest BCUT2D eigenvalue weighted by Gasteiger charge is -2.34. The predicted molar refractivity (Wildman–Crippen MR) is 100 cm³/mol. The minimum absolute atomic E-state index is 0.0768. The van der Waals surface area contributed by atoms with Crippen LogP contribution >= 0.6 is 0 Å². The summed E-state index contributed by atoms with van der Waals surface area (Å²) in [6.45, 7) is 2.43. The number of aryl methyl sites for hydroxylation is 2.